The van der Waals surface area contributed by atoms with E-state index in [1.54, 1.807) is 12.2 Å². The lowest BCUT2D eigenvalue weighted by atomic mass is 9.92. The first kappa shape index (κ1) is 20.6. The molecule has 0 fully saturated rings. The van der Waals surface area contributed by atoms with E-state index < -0.39 is 0 Å². The number of allylic oxidation sites excluding steroid dienone is 3. The maximum atomic E-state index is 6.12. The van der Waals surface area contributed by atoms with Crippen LogP contribution >= 0.6 is 0 Å². The van der Waals surface area contributed by atoms with Gasteiger partial charge in [0.25, 0.3) is 0 Å². The number of aryl methyl sites for hydroxylation is 2. The van der Waals surface area contributed by atoms with Crippen LogP contribution in [0.4, 0.5) is 0 Å². The fourth-order valence-electron chi connectivity index (χ4n) is 2.87. The molecule has 0 atom stereocenters. The first-order valence-corrected chi connectivity index (χ1v) is 9.04. The molecule has 2 nitrogen and oxygen atoms in total. The van der Waals surface area contributed by atoms with Gasteiger partial charge < -0.3 is 8.83 Å². The summed E-state index contributed by atoms with van der Waals surface area (Å²) in [5.74, 6) is 3.30. The van der Waals surface area contributed by atoms with Crippen LogP contribution in [0.5, 0.6) is 0 Å². The maximum Gasteiger partial charge on any atom is 0.178 e. The molecule has 0 saturated carbocycles. The molecular weight excluding hydrogens is 331 g/mol. The number of rotatable bonds is 7. The minimum atomic E-state index is 0.452. The highest BCUT2D eigenvalue weighted by Gasteiger charge is 2.23. The lowest BCUT2D eigenvalue weighted by Gasteiger charge is -2.05. The minimum absolute atomic E-state index is 0.452. The Bertz CT molecular complexity index is 946. The Labute approximate surface area is 164 Å². The predicted molar refractivity (Wildman–Crippen MR) is 118 cm³/mol. The molecule has 3 heteroatoms. The van der Waals surface area contributed by atoms with Crippen molar-refractivity contribution < 1.29 is 8.83 Å². The van der Waals surface area contributed by atoms with E-state index >= 15 is 0 Å². The van der Waals surface area contributed by atoms with Crippen molar-refractivity contribution in [3.63, 3.8) is 0 Å². The van der Waals surface area contributed by atoms with E-state index in [0.717, 1.165) is 33.8 Å². The molecule has 2 radical (unpaired) electrons. The van der Waals surface area contributed by atoms with E-state index in [9.17, 15) is 0 Å². The monoisotopic (exact) mass is 358 g/mol. The van der Waals surface area contributed by atoms with Gasteiger partial charge in [0.15, 0.2) is 11.5 Å². The van der Waals surface area contributed by atoms with E-state index in [4.69, 9.17) is 16.7 Å². The molecule has 0 aromatic carbocycles. The largest absolute Gasteiger partial charge is 0.457 e. The summed E-state index contributed by atoms with van der Waals surface area (Å²) >= 11 is 0. The number of hydrogen-bond acceptors (Lipinski definition) is 2. The molecule has 2 heterocycles. The molecule has 2 aromatic heterocycles. The van der Waals surface area contributed by atoms with Gasteiger partial charge in [-0.2, -0.15) is 0 Å². The smallest absolute Gasteiger partial charge is 0.178 e. The molecule has 0 spiro atoms. The SMILES string of the molecule is [B]/C(C=C)=C/c1c(C)oc(-c2oc(C)c(/C=C(\C)C(C)C)c2C=C)c1C=C. The molecule has 27 heavy (non-hydrogen) atoms. The van der Waals surface area contributed by atoms with Crippen LogP contribution in [0, 0.1) is 19.8 Å². The Morgan fingerprint density at radius 1 is 0.852 bits per heavy atom. The van der Waals surface area contributed by atoms with E-state index in [1.807, 2.05) is 26.0 Å². The zero-order valence-corrected chi connectivity index (χ0v) is 17.0. The van der Waals surface area contributed by atoms with Crippen LogP contribution in [-0.4, -0.2) is 7.85 Å². The Morgan fingerprint density at radius 3 is 1.67 bits per heavy atom. The van der Waals surface area contributed by atoms with Crippen LogP contribution in [0.3, 0.4) is 0 Å². The summed E-state index contributed by atoms with van der Waals surface area (Å²) in [6, 6.07) is 0. The highest BCUT2D eigenvalue weighted by molar-refractivity contribution is 6.25. The summed E-state index contributed by atoms with van der Waals surface area (Å²) < 4.78 is 12.2. The van der Waals surface area contributed by atoms with E-state index in [2.05, 4.69) is 46.6 Å². The van der Waals surface area contributed by atoms with Crippen molar-refractivity contribution in [2.75, 3.05) is 0 Å². The predicted octanol–water partition coefficient (Wildman–Crippen LogP) is 7.20. The first-order valence-electron chi connectivity index (χ1n) is 9.04. The Kier molecular flexibility index (Phi) is 6.38. The van der Waals surface area contributed by atoms with Crippen molar-refractivity contribution >= 4 is 32.2 Å². The molecule has 0 bridgehead atoms. The zero-order valence-electron chi connectivity index (χ0n) is 17.0. The highest BCUT2D eigenvalue weighted by atomic mass is 16.4. The second kappa shape index (κ2) is 8.34. The quantitative estimate of drug-likeness (QED) is 0.386. The summed E-state index contributed by atoms with van der Waals surface area (Å²) in [7, 11) is 5.93. The topological polar surface area (TPSA) is 26.3 Å². The average Bonchev–Trinajstić information content (AvgIpc) is 3.11. The lowest BCUT2D eigenvalue weighted by molar-refractivity contribution is 0.493. The summed E-state index contributed by atoms with van der Waals surface area (Å²) in [6.45, 7) is 21.9. The Balaban J connectivity index is 2.75. The first-order chi connectivity index (χ1) is 12.7. The lowest BCUT2D eigenvalue weighted by Crippen LogP contribution is -1.89. The van der Waals surface area contributed by atoms with Crippen LogP contribution in [0.2, 0.25) is 0 Å². The van der Waals surface area contributed by atoms with Gasteiger partial charge in [-0.15, -0.1) is 0 Å². The molecule has 0 amide bonds. The normalized spacial score (nSPS) is 12.5. The van der Waals surface area contributed by atoms with Crippen molar-refractivity contribution in [3.8, 4) is 11.5 Å². The van der Waals surface area contributed by atoms with Crippen LogP contribution in [0.15, 0.2) is 45.7 Å². The van der Waals surface area contributed by atoms with Gasteiger partial charge in [-0.25, -0.2) is 0 Å². The molecule has 0 saturated heterocycles. The van der Waals surface area contributed by atoms with E-state index in [0.29, 0.717) is 22.9 Å². The van der Waals surface area contributed by atoms with Crippen LogP contribution in [0.25, 0.3) is 35.8 Å². The average molecular weight is 358 g/mol. The van der Waals surface area contributed by atoms with Gasteiger partial charge in [0, 0.05) is 22.3 Å². The molecular formula is C24H27BO2. The Hall–Kier alpha value is -2.68. The van der Waals surface area contributed by atoms with Crippen molar-refractivity contribution in [1.82, 2.24) is 0 Å². The van der Waals surface area contributed by atoms with E-state index in [1.165, 1.54) is 5.57 Å². The van der Waals surface area contributed by atoms with Gasteiger partial charge in [-0.05, 0) is 26.7 Å². The summed E-state index contributed by atoms with van der Waals surface area (Å²) in [5, 5.41) is 0. The van der Waals surface area contributed by atoms with Crippen molar-refractivity contribution in [2.24, 2.45) is 5.92 Å². The van der Waals surface area contributed by atoms with E-state index in [-0.39, 0.29) is 0 Å². The molecule has 2 aromatic rings. The highest BCUT2D eigenvalue weighted by Crippen LogP contribution is 2.40. The van der Waals surface area contributed by atoms with Gasteiger partial charge in [-0.1, -0.05) is 75.0 Å². The summed E-state index contributed by atoms with van der Waals surface area (Å²) in [5.41, 5.74) is 5.48. The fourth-order valence-corrected chi connectivity index (χ4v) is 2.87. The summed E-state index contributed by atoms with van der Waals surface area (Å²) in [6.07, 6.45) is 9.16. The van der Waals surface area contributed by atoms with Gasteiger partial charge in [0.1, 0.15) is 19.4 Å². The van der Waals surface area contributed by atoms with Gasteiger partial charge in [0.05, 0.1) is 0 Å². The maximum absolute atomic E-state index is 6.12. The third kappa shape index (κ3) is 4.03. The molecule has 0 aliphatic heterocycles. The van der Waals surface area contributed by atoms with Gasteiger partial charge in [0.2, 0.25) is 0 Å². The zero-order chi connectivity index (χ0) is 20.3. The van der Waals surface area contributed by atoms with Crippen LogP contribution < -0.4 is 0 Å². The molecule has 0 aliphatic rings. The minimum Gasteiger partial charge on any atom is -0.457 e. The molecule has 2 rings (SSSR count). The third-order valence-electron chi connectivity index (χ3n) is 4.78. The second-order valence-corrected chi connectivity index (χ2v) is 6.93. The van der Waals surface area contributed by atoms with Gasteiger partial charge in [-0.3, -0.25) is 0 Å². The van der Waals surface area contributed by atoms with Gasteiger partial charge >= 0.3 is 0 Å². The van der Waals surface area contributed by atoms with Crippen LogP contribution in [0.1, 0.15) is 54.5 Å². The van der Waals surface area contributed by atoms with Crippen molar-refractivity contribution in [2.45, 2.75) is 34.6 Å². The van der Waals surface area contributed by atoms with Crippen molar-refractivity contribution in [1.29, 1.82) is 0 Å². The molecule has 0 unspecified atom stereocenters. The second-order valence-electron chi connectivity index (χ2n) is 6.93. The molecule has 0 aliphatic carbocycles. The summed E-state index contributed by atoms with van der Waals surface area (Å²) in [4.78, 5) is 0. The third-order valence-corrected chi connectivity index (χ3v) is 4.78. The number of furan rings is 2. The Morgan fingerprint density at radius 2 is 1.30 bits per heavy atom. The molecule has 0 N–H and O–H groups in total. The fraction of sp³-hybridized carbons (Fsp3) is 0.250. The van der Waals surface area contributed by atoms with Crippen LogP contribution in [-0.2, 0) is 0 Å². The number of hydrogen-bond donors (Lipinski definition) is 0. The van der Waals surface area contributed by atoms with Crippen molar-refractivity contribution in [3.05, 3.63) is 70.6 Å². The molecule has 138 valence electrons. The standard InChI is InChI=1S/C24H27BO2/c1-9-18(25)13-22-17(8)27-24(20(22)11-3)23-19(10-2)21(16(7)26-23)12-15(6)14(4)5/h9-14H,1-3H2,4-8H3/b15-12+,18-13+.